The Bertz CT molecular complexity index is 506. The van der Waals surface area contributed by atoms with Crippen molar-refractivity contribution in [2.45, 2.75) is 25.8 Å². The molecule has 17 heavy (non-hydrogen) atoms. The molecule has 0 aliphatic carbocycles. The highest BCUT2D eigenvalue weighted by Crippen LogP contribution is 2.23. The van der Waals surface area contributed by atoms with E-state index in [0.29, 0.717) is 0 Å². The van der Waals surface area contributed by atoms with Crippen LogP contribution in [0.15, 0.2) is 35.4 Å². The van der Waals surface area contributed by atoms with E-state index in [1.54, 1.807) is 11.8 Å². The average Bonchev–Trinajstić information content (AvgIpc) is 2.34. The van der Waals surface area contributed by atoms with Crippen LogP contribution in [0.3, 0.4) is 0 Å². The number of hydrogen-bond donors (Lipinski definition) is 0. The lowest BCUT2D eigenvalue weighted by Crippen LogP contribution is -1.92. The van der Waals surface area contributed by atoms with Gasteiger partial charge in [0, 0.05) is 5.56 Å². The SMILES string of the molecule is CCSc1ccc(-c2cc(C)ccc2C)nn1. The summed E-state index contributed by atoms with van der Waals surface area (Å²) >= 11 is 1.71. The molecule has 0 aliphatic rings. The van der Waals surface area contributed by atoms with E-state index in [1.807, 2.05) is 12.1 Å². The van der Waals surface area contributed by atoms with Crippen LogP contribution < -0.4 is 0 Å². The van der Waals surface area contributed by atoms with E-state index in [1.165, 1.54) is 16.7 Å². The first kappa shape index (κ1) is 12.1. The third-order valence-electron chi connectivity index (χ3n) is 2.60. The topological polar surface area (TPSA) is 25.8 Å². The summed E-state index contributed by atoms with van der Waals surface area (Å²) in [4.78, 5) is 0. The molecule has 1 aromatic carbocycles. The maximum absolute atomic E-state index is 4.30. The maximum Gasteiger partial charge on any atom is 0.119 e. The minimum absolute atomic E-state index is 0.951. The van der Waals surface area contributed by atoms with Gasteiger partial charge in [-0.25, -0.2) is 0 Å². The largest absolute Gasteiger partial charge is 0.149 e. The predicted molar refractivity (Wildman–Crippen MR) is 73.3 cm³/mol. The fourth-order valence-corrected chi connectivity index (χ4v) is 2.26. The van der Waals surface area contributed by atoms with E-state index in [9.17, 15) is 0 Å². The molecule has 0 atom stereocenters. The fourth-order valence-electron chi connectivity index (χ4n) is 1.70. The zero-order valence-electron chi connectivity index (χ0n) is 10.4. The van der Waals surface area contributed by atoms with Crippen molar-refractivity contribution in [2.24, 2.45) is 0 Å². The van der Waals surface area contributed by atoms with Crippen LogP contribution in [0.5, 0.6) is 0 Å². The van der Waals surface area contributed by atoms with E-state index in [0.717, 1.165) is 16.5 Å². The number of hydrogen-bond acceptors (Lipinski definition) is 3. The first-order chi connectivity index (χ1) is 8.20. The van der Waals surface area contributed by atoms with Crippen LogP contribution in [0.1, 0.15) is 18.1 Å². The van der Waals surface area contributed by atoms with Crippen molar-refractivity contribution >= 4 is 11.8 Å². The van der Waals surface area contributed by atoms with Crippen LogP contribution in [0, 0.1) is 13.8 Å². The molecule has 0 bridgehead atoms. The first-order valence-corrected chi connectivity index (χ1v) is 6.73. The van der Waals surface area contributed by atoms with Gasteiger partial charge in [-0.1, -0.05) is 24.6 Å². The second-order valence-corrected chi connectivity index (χ2v) is 5.29. The number of aromatic nitrogens is 2. The highest BCUT2D eigenvalue weighted by molar-refractivity contribution is 7.99. The predicted octanol–water partition coefficient (Wildman–Crippen LogP) is 3.87. The van der Waals surface area contributed by atoms with E-state index in [2.05, 4.69) is 49.2 Å². The first-order valence-electron chi connectivity index (χ1n) is 5.75. The van der Waals surface area contributed by atoms with Crippen LogP contribution in [0.2, 0.25) is 0 Å². The van der Waals surface area contributed by atoms with Gasteiger partial charge in [0.2, 0.25) is 0 Å². The molecule has 0 spiro atoms. The molecule has 0 unspecified atom stereocenters. The van der Waals surface area contributed by atoms with Gasteiger partial charge in [0.15, 0.2) is 0 Å². The molecule has 3 heteroatoms. The summed E-state index contributed by atoms with van der Waals surface area (Å²) in [6, 6.07) is 10.5. The molecule has 0 amide bonds. The molecule has 0 radical (unpaired) electrons. The lowest BCUT2D eigenvalue weighted by Gasteiger charge is -2.06. The Hall–Kier alpha value is -1.35. The number of benzene rings is 1. The Labute approximate surface area is 106 Å². The van der Waals surface area contributed by atoms with Gasteiger partial charge in [0.1, 0.15) is 5.03 Å². The van der Waals surface area contributed by atoms with Gasteiger partial charge in [-0.05, 0) is 43.4 Å². The van der Waals surface area contributed by atoms with Gasteiger partial charge in [-0.2, -0.15) is 0 Å². The lowest BCUT2D eigenvalue weighted by atomic mass is 10.0. The summed E-state index contributed by atoms with van der Waals surface area (Å²) in [6.45, 7) is 6.31. The highest BCUT2D eigenvalue weighted by Gasteiger charge is 2.04. The molecule has 1 aromatic heterocycles. The van der Waals surface area contributed by atoms with Crippen LogP contribution >= 0.6 is 11.8 Å². The summed E-state index contributed by atoms with van der Waals surface area (Å²) < 4.78 is 0. The summed E-state index contributed by atoms with van der Waals surface area (Å²) in [5.74, 6) is 1.03. The monoisotopic (exact) mass is 244 g/mol. The number of nitrogens with zero attached hydrogens (tertiary/aromatic N) is 2. The number of aryl methyl sites for hydroxylation is 2. The Morgan fingerprint density at radius 3 is 2.53 bits per heavy atom. The van der Waals surface area contributed by atoms with Crippen molar-refractivity contribution in [2.75, 3.05) is 5.75 Å². The summed E-state index contributed by atoms with van der Waals surface area (Å²) in [5, 5.41) is 9.51. The molecule has 0 aliphatic heterocycles. The van der Waals surface area contributed by atoms with E-state index in [4.69, 9.17) is 0 Å². The summed E-state index contributed by atoms with van der Waals surface area (Å²) in [7, 11) is 0. The Morgan fingerprint density at radius 1 is 1.06 bits per heavy atom. The van der Waals surface area contributed by atoms with Gasteiger partial charge < -0.3 is 0 Å². The molecule has 2 nitrogen and oxygen atoms in total. The van der Waals surface area contributed by atoms with Crippen molar-refractivity contribution in [3.8, 4) is 11.3 Å². The molecule has 88 valence electrons. The normalized spacial score (nSPS) is 10.5. The van der Waals surface area contributed by atoms with Crippen LogP contribution in [-0.2, 0) is 0 Å². The van der Waals surface area contributed by atoms with Crippen molar-refractivity contribution in [3.63, 3.8) is 0 Å². The average molecular weight is 244 g/mol. The van der Waals surface area contributed by atoms with Gasteiger partial charge >= 0.3 is 0 Å². The van der Waals surface area contributed by atoms with Gasteiger partial charge in [0.05, 0.1) is 5.69 Å². The zero-order chi connectivity index (χ0) is 12.3. The van der Waals surface area contributed by atoms with Gasteiger partial charge in [-0.15, -0.1) is 22.0 Å². The second kappa shape index (κ2) is 5.32. The van der Waals surface area contributed by atoms with Crippen LogP contribution in [0.25, 0.3) is 11.3 Å². The van der Waals surface area contributed by atoms with Crippen LogP contribution in [-0.4, -0.2) is 16.0 Å². The molecule has 0 saturated heterocycles. The second-order valence-electron chi connectivity index (χ2n) is 4.01. The zero-order valence-corrected chi connectivity index (χ0v) is 11.2. The molecular weight excluding hydrogens is 228 g/mol. The maximum atomic E-state index is 4.30. The molecule has 0 N–H and O–H groups in total. The van der Waals surface area contributed by atoms with Gasteiger partial charge in [-0.3, -0.25) is 0 Å². The third kappa shape index (κ3) is 2.86. The standard InChI is InChI=1S/C14H16N2S/c1-4-17-14-8-7-13(15-16-14)12-9-10(2)5-6-11(12)3/h5-9H,4H2,1-3H3. The Kier molecular flexibility index (Phi) is 3.79. The lowest BCUT2D eigenvalue weighted by molar-refractivity contribution is 0.935. The van der Waals surface area contributed by atoms with E-state index >= 15 is 0 Å². The van der Waals surface area contributed by atoms with Crippen LogP contribution in [0.4, 0.5) is 0 Å². The van der Waals surface area contributed by atoms with Crippen molar-refractivity contribution in [1.29, 1.82) is 0 Å². The van der Waals surface area contributed by atoms with E-state index in [-0.39, 0.29) is 0 Å². The molecular formula is C14H16N2S. The quantitative estimate of drug-likeness (QED) is 0.766. The third-order valence-corrected chi connectivity index (χ3v) is 3.40. The molecule has 1 heterocycles. The molecule has 0 saturated carbocycles. The van der Waals surface area contributed by atoms with Gasteiger partial charge in [0.25, 0.3) is 0 Å². The summed E-state index contributed by atoms with van der Waals surface area (Å²) in [5.41, 5.74) is 4.61. The van der Waals surface area contributed by atoms with E-state index < -0.39 is 0 Å². The fraction of sp³-hybridized carbons (Fsp3) is 0.286. The molecule has 2 aromatic rings. The highest BCUT2D eigenvalue weighted by atomic mass is 32.2. The minimum atomic E-state index is 0.951. The van der Waals surface area contributed by atoms with Crippen molar-refractivity contribution in [1.82, 2.24) is 10.2 Å². The Balaban J connectivity index is 2.36. The van der Waals surface area contributed by atoms with Crippen molar-refractivity contribution < 1.29 is 0 Å². The molecule has 0 fully saturated rings. The van der Waals surface area contributed by atoms with Crippen molar-refractivity contribution in [3.05, 3.63) is 41.5 Å². The number of thioether (sulfide) groups is 1. The smallest absolute Gasteiger partial charge is 0.119 e. The molecule has 2 rings (SSSR count). The Morgan fingerprint density at radius 2 is 1.88 bits per heavy atom. The minimum Gasteiger partial charge on any atom is -0.149 e. The summed E-state index contributed by atoms with van der Waals surface area (Å²) in [6.07, 6.45) is 0. The number of rotatable bonds is 3.